The molecule has 1 heterocycles. The topological polar surface area (TPSA) is 105 Å². The predicted octanol–water partition coefficient (Wildman–Crippen LogP) is 1.48. The van der Waals surface area contributed by atoms with Gasteiger partial charge in [-0.1, -0.05) is 6.92 Å². The maximum atomic E-state index is 12.1. The second kappa shape index (κ2) is 7.66. The Labute approximate surface area is 118 Å². The first kappa shape index (κ1) is 16.2. The van der Waals surface area contributed by atoms with Crippen molar-refractivity contribution in [1.82, 2.24) is 4.37 Å². The van der Waals surface area contributed by atoms with Crippen LogP contribution in [0.5, 0.6) is 0 Å². The van der Waals surface area contributed by atoms with Crippen molar-refractivity contribution < 1.29 is 13.5 Å². The van der Waals surface area contributed by atoms with E-state index in [4.69, 9.17) is 10.8 Å². The second-order valence-corrected chi connectivity index (χ2v) is 7.08. The van der Waals surface area contributed by atoms with Gasteiger partial charge in [-0.25, -0.2) is 8.42 Å². The summed E-state index contributed by atoms with van der Waals surface area (Å²) in [5.74, 6) is 0.158. The van der Waals surface area contributed by atoms with Gasteiger partial charge < -0.3 is 16.2 Å². The molecule has 0 aliphatic rings. The van der Waals surface area contributed by atoms with Crippen LogP contribution in [0.4, 0.5) is 10.8 Å². The van der Waals surface area contributed by atoms with E-state index in [0.717, 1.165) is 30.8 Å². The largest absolute Gasteiger partial charge is 0.396 e. The van der Waals surface area contributed by atoms with Gasteiger partial charge in [0.25, 0.3) is 0 Å². The lowest BCUT2D eigenvalue weighted by molar-refractivity contribution is 0.283. The van der Waals surface area contributed by atoms with Crippen LogP contribution in [0.1, 0.15) is 32.6 Å². The number of aliphatic hydroxyl groups is 1. The second-order valence-electron chi connectivity index (χ2n) is 4.26. The third-order valence-corrected chi connectivity index (χ3v) is 5.51. The summed E-state index contributed by atoms with van der Waals surface area (Å²) in [5.41, 5.74) is 5.66. The van der Waals surface area contributed by atoms with Crippen molar-refractivity contribution in [2.45, 2.75) is 37.5 Å². The van der Waals surface area contributed by atoms with Gasteiger partial charge >= 0.3 is 0 Å². The Morgan fingerprint density at radius 2 is 2.11 bits per heavy atom. The Bertz CT molecular complexity index is 485. The molecule has 0 aliphatic heterocycles. The molecule has 0 aromatic carbocycles. The Kier molecular flexibility index (Phi) is 6.53. The minimum atomic E-state index is -3.36. The number of nitrogens with two attached hydrogens (primary N) is 1. The molecule has 0 fully saturated rings. The monoisotopic (exact) mass is 307 g/mol. The fourth-order valence-electron chi connectivity index (χ4n) is 1.69. The van der Waals surface area contributed by atoms with E-state index in [1.54, 1.807) is 0 Å². The molecule has 0 saturated heterocycles. The van der Waals surface area contributed by atoms with E-state index in [9.17, 15) is 8.42 Å². The number of nitrogens with zero attached hydrogens (tertiary/aromatic N) is 1. The lowest BCUT2D eigenvalue weighted by Gasteiger charge is -2.07. The lowest BCUT2D eigenvalue weighted by atomic mass is 10.2. The number of rotatable bonds is 9. The SMILES string of the molecule is CCCS(=O)(=O)c1c(N)nsc1NCCCCCO. The van der Waals surface area contributed by atoms with Gasteiger partial charge in [-0.2, -0.15) is 4.37 Å². The first-order valence-electron chi connectivity index (χ1n) is 6.35. The van der Waals surface area contributed by atoms with Crippen molar-refractivity contribution in [2.75, 3.05) is 30.0 Å². The third-order valence-electron chi connectivity index (χ3n) is 2.58. The van der Waals surface area contributed by atoms with E-state index >= 15 is 0 Å². The minimum absolute atomic E-state index is 0.0782. The lowest BCUT2D eigenvalue weighted by Crippen LogP contribution is -2.11. The summed E-state index contributed by atoms with van der Waals surface area (Å²) < 4.78 is 28.1. The van der Waals surface area contributed by atoms with Crippen molar-refractivity contribution in [1.29, 1.82) is 0 Å². The number of sulfone groups is 1. The summed E-state index contributed by atoms with van der Waals surface area (Å²) in [5, 5.41) is 12.3. The van der Waals surface area contributed by atoms with E-state index in [2.05, 4.69) is 9.69 Å². The molecular formula is C11H21N3O3S2. The summed E-state index contributed by atoms with van der Waals surface area (Å²) in [4.78, 5) is 0.140. The number of aromatic nitrogens is 1. The number of hydrogen-bond acceptors (Lipinski definition) is 7. The summed E-state index contributed by atoms with van der Waals surface area (Å²) in [6.45, 7) is 2.65. The average molecular weight is 307 g/mol. The number of anilines is 2. The summed E-state index contributed by atoms with van der Waals surface area (Å²) >= 11 is 1.08. The van der Waals surface area contributed by atoms with Crippen LogP contribution in [0.3, 0.4) is 0 Å². The van der Waals surface area contributed by atoms with E-state index < -0.39 is 9.84 Å². The van der Waals surface area contributed by atoms with Crippen LogP contribution in [-0.2, 0) is 9.84 Å². The maximum absolute atomic E-state index is 12.1. The molecule has 8 heteroatoms. The van der Waals surface area contributed by atoms with Gasteiger partial charge in [0.2, 0.25) is 0 Å². The fourth-order valence-corrected chi connectivity index (χ4v) is 4.34. The van der Waals surface area contributed by atoms with Crippen molar-refractivity contribution in [2.24, 2.45) is 0 Å². The van der Waals surface area contributed by atoms with Gasteiger partial charge in [0, 0.05) is 13.2 Å². The van der Waals surface area contributed by atoms with Crippen molar-refractivity contribution in [3.63, 3.8) is 0 Å². The van der Waals surface area contributed by atoms with Gasteiger partial charge in [0.15, 0.2) is 15.7 Å². The Balaban J connectivity index is 2.70. The molecule has 19 heavy (non-hydrogen) atoms. The van der Waals surface area contributed by atoms with Gasteiger partial charge in [-0.05, 0) is 37.2 Å². The van der Waals surface area contributed by atoms with Gasteiger partial charge in [-0.15, -0.1) is 0 Å². The van der Waals surface area contributed by atoms with Gasteiger partial charge in [0.05, 0.1) is 5.75 Å². The summed E-state index contributed by atoms with van der Waals surface area (Å²) in [7, 11) is -3.36. The van der Waals surface area contributed by atoms with Crippen LogP contribution in [0.25, 0.3) is 0 Å². The molecule has 1 aromatic heterocycles. The van der Waals surface area contributed by atoms with Gasteiger partial charge in [0.1, 0.15) is 9.90 Å². The zero-order chi connectivity index (χ0) is 14.3. The van der Waals surface area contributed by atoms with E-state index in [1.807, 2.05) is 6.92 Å². The van der Waals surface area contributed by atoms with E-state index in [-0.39, 0.29) is 23.1 Å². The Hall–Kier alpha value is -0.860. The minimum Gasteiger partial charge on any atom is -0.396 e. The molecular weight excluding hydrogens is 286 g/mol. The number of aliphatic hydroxyl groups excluding tert-OH is 1. The van der Waals surface area contributed by atoms with Crippen molar-refractivity contribution in [3.05, 3.63) is 0 Å². The standard InChI is InChI=1S/C11H21N3O3S2/c1-2-8-19(16,17)9-10(12)14-18-11(9)13-6-4-3-5-7-15/h13,15H,2-8H2,1H3,(H2,12,14). The molecule has 4 N–H and O–H groups in total. The zero-order valence-corrected chi connectivity index (χ0v) is 12.7. The summed E-state index contributed by atoms with van der Waals surface area (Å²) in [6.07, 6.45) is 3.07. The van der Waals surface area contributed by atoms with Crippen LogP contribution < -0.4 is 11.1 Å². The first-order valence-corrected chi connectivity index (χ1v) is 8.78. The quantitative estimate of drug-likeness (QED) is 0.597. The smallest absolute Gasteiger partial charge is 0.185 e. The van der Waals surface area contributed by atoms with Crippen LogP contribution >= 0.6 is 11.5 Å². The molecule has 0 radical (unpaired) electrons. The number of hydrogen-bond donors (Lipinski definition) is 3. The van der Waals surface area contributed by atoms with Crippen molar-refractivity contribution in [3.8, 4) is 0 Å². The molecule has 0 spiro atoms. The molecule has 0 unspecified atom stereocenters. The molecule has 0 bridgehead atoms. The Morgan fingerprint density at radius 1 is 1.37 bits per heavy atom. The normalized spacial score (nSPS) is 11.7. The predicted molar refractivity (Wildman–Crippen MR) is 78.3 cm³/mol. The molecule has 1 rings (SSSR count). The summed E-state index contributed by atoms with van der Waals surface area (Å²) in [6, 6.07) is 0. The number of unbranched alkanes of at least 4 members (excludes halogenated alkanes) is 2. The first-order chi connectivity index (χ1) is 9.03. The molecule has 6 nitrogen and oxygen atoms in total. The zero-order valence-electron chi connectivity index (χ0n) is 11.1. The fraction of sp³-hybridized carbons (Fsp3) is 0.727. The van der Waals surface area contributed by atoms with Crippen LogP contribution in [-0.4, -0.2) is 36.8 Å². The molecule has 110 valence electrons. The number of nitrogen functional groups attached to an aromatic ring is 1. The Morgan fingerprint density at radius 3 is 2.74 bits per heavy atom. The highest BCUT2D eigenvalue weighted by atomic mass is 32.2. The van der Waals surface area contributed by atoms with Crippen molar-refractivity contribution >= 4 is 32.2 Å². The molecule has 0 amide bonds. The molecule has 0 saturated carbocycles. The highest BCUT2D eigenvalue weighted by Crippen LogP contribution is 2.32. The molecule has 0 atom stereocenters. The van der Waals surface area contributed by atoms with Gasteiger partial charge in [-0.3, -0.25) is 0 Å². The molecule has 1 aromatic rings. The maximum Gasteiger partial charge on any atom is 0.185 e. The molecule has 0 aliphatic carbocycles. The van der Waals surface area contributed by atoms with Crippen LogP contribution in [0, 0.1) is 0 Å². The average Bonchev–Trinajstić information content (AvgIpc) is 2.71. The van der Waals surface area contributed by atoms with Crippen LogP contribution in [0.2, 0.25) is 0 Å². The highest BCUT2D eigenvalue weighted by Gasteiger charge is 2.24. The van der Waals surface area contributed by atoms with Crippen LogP contribution in [0.15, 0.2) is 4.90 Å². The highest BCUT2D eigenvalue weighted by molar-refractivity contribution is 7.91. The van der Waals surface area contributed by atoms with E-state index in [1.165, 1.54) is 0 Å². The third kappa shape index (κ3) is 4.63. The number of nitrogens with one attached hydrogen (secondary N) is 1. The van der Waals surface area contributed by atoms with E-state index in [0.29, 0.717) is 18.0 Å².